The highest BCUT2D eigenvalue weighted by atomic mass is 32.2. The van der Waals surface area contributed by atoms with E-state index in [4.69, 9.17) is 5.11 Å². The van der Waals surface area contributed by atoms with Crippen molar-refractivity contribution in [3.63, 3.8) is 0 Å². The van der Waals surface area contributed by atoms with Crippen LogP contribution < -0.4 is 4.72 Å². The van der Waals surface area contributed by atoms with Gasteiger partial charge in [0.15, 0.2) is 0 Å². The van der Waals surface area contributed by atoms with Crippen LogP contribution in [0.3, 0.4) is 0 Å². The van der Waals surface area contributed by atoms with Gasteiger partial charge in [0, 0.05) is 18.5 Å². The highest BCUT2D eigenvalue weighted by Gasteiger charge is 2.23. The fourth-order valence-corrected chi connectivity index (χ4v) is 2.17. The maximum Gasteiger partial charge on any atom is 0.303 e. The van der Waals surface area contributed by atoms with Gasteiger partial charge in [0.1, 0.15) is 0 Å². The first-order valence-corrected chi connectivity index (χ1v) is 7.08. The number of rotatable bonds is 8. The molecule has 7 heteroatoms. The molecule has 0 aliphatic heterocycles. The fraction of sp³-hybridized carbons (Fsp3) is 0.900. The smallest absolute Gasteiger partial charge is 0.303 e. The number of nitrogens with zero attached hydrogens (tertiary/aromatic N) is 1. The lowest BCUT2D eigenvalue weighted by molar-refractivity contribution is -0.137. The molecule has 0 aromatic carbocycles. The van der Waals surface area contributed by atoms with Gasteiger partial charge in [-0.3, -0.25) is 4.79 Å². The second-order valence-corrected chi connectivity index (χ2v) is 6.77. The lowest BCUT2D eigenvalue weighted by Crippen LogP contribution is -2.48. The molecule has 2 N–H and O–H groups in total. The summed E-state index contributed by atoms with van der Waals surface area (Å²) in [6.45, 7) is 4.15. The average Bonchev–Trinajstić information content (AvgIpc) is 2.14. The molecule has 0 unspecified atom stereocenters. The van der Waals surface area contributed by atoms with E-state index < -0.39 is 16.0 Å². The van der Waals surface area contributed by atoms with E-state index in [2.05, 4.69) is 4.72 Å². The Bertz CT molecular complexity index is 349. The molecule has 0 fully saturated rings. The number of aliphatic carboxylic acids is 1. The van der Waals surface area contributed by atoms with E-state index in [0.717, 1.165) is 0 Å². The number of likely N-dealkylation sites (N-methyl/N-ethyl adjacent to an activating group) is 1. The molecule has 0 atom stereocenters. The third kappa shape index (κ3) is 7.30. The van der Waals surface area contributed by atoms with E-state index in [0.29, 0.717) is 6.54 Å². The monoisotopic (exact) mass is 266 g/mol. The summed E-state index contributed by atoms with van der Waals surface area (Å²) in [6.07, 6.45) is 0.00500. The minimum Gasteiger partial charge on any atom is -0.481 e. The Balaban J connectivity index is 4.15. The first kappa shape index (κ1) is 16.3. The van der Waals surface area contributed by atoms with Crippen LogP contribution in [-0.4, -0.2) is 56.3 Å². The fourth-order valence-electron chi connectivity index (χ4n) is 0.930. The lowest BCUT2D eigenvalue weighted by Gasteiger charge is -2.32. The molecular formula is C10H22N2O4S. The van der Waals surface area contributed by atoms with E-state index in [1.807, 2.05) is 32.8 Å². The average molecular weight is 266 g/mol. The predicted molar refractivity (Wildman–Crippen MR) is 66.4 cm³/mol. The zero-order valence-electron chi connectivity index (χ0n) is 10.9. The van der Waals surface area contributed by atoms with Gasteiger partial charge in [0.25, 0.3) is 0 Å². The topological polar surface area (TPSA) is 86.7 Å². The highest BCUT2D eigenvalue weighted by Crippen LogP contribution is 2.08. The Labute approximate surface area is 103 Å². The Morgan fingerprint density at radius 1 is 1.35 bits per heavy atom. The Kier molecular flexibility index (Phi) is 6.08. The molecule has 0 saturated carbocycles. The zero-order chi connectivity index (χ0) is 13.7. The molecule has 0 aromatic heterocycles. The van der Waals surface area contributed by atoms with E-state index in [9.17, 15) is 13.2 Å². The van der Waals surface area contributed by atoms with Gasteiger partial charge < -0.3 is 10.0 Å². The number of carboxylic acids is 1. The van der Waals surface area contributed by atoms with E-state index in [-0.39, 0.29) is 24.1 Å². The van der Waals surface area contributed by atoms with Gasteiger partial charge in [-0.05, 0) is 34.4 Å². The Morgan fingerprint density at radius 3 is 2.29 bits per heavy atom. The summed E-state index contributed by atoms with van der Waals surface area (Å²) in [4.78, 5) is 12.2. The van der Waals surface area contributed by atoms with Crippen molar-refractivity contribution in [1.29, 1.82) is 0 Å². The van der Waals surface area contributed by atoms with Crippen LogP contribution in [0.4, 0.5) is 0 Å². The molecule has 0 radical (unpaired) electrons. The van der Waals surface area contributed by atoms with Gasteiger partial charge >= 0.3 is 5.97 Å². The van der Waals surface area contributed by atoms with Crippen LogP contribution in [-0.2, 0) is 14.8 Å². The normalized spacial score (nSPS) is 13.0. The number of carboxylic acid groups (broad SMARTS) is 1. The molecule has 0 bridgehead atoms. The Morgan fingerprint density at radius 2 is 1.88 bits per heavy atom. The molecule has 0 spiro atoms. The van der Waals surface area contributed by atoms with E-state index >= 15 is 0 Å². The molecule has 0 aliphatic rings. The predicted octanol–water partition coefficient (Wildman–Crippen LogP) is 0.111. The van der Waals surface area contributed by atoms with Crippen molar-refractivity contribution in [2.24, 2.45) is 0 Å². The van der Waals surface area contributed by atoms with Gasteiger partial charge in [0.05, 0.1) is 5.75 Å². The number of carbonyl (C=O) groups is 1. The van der Waals surface area contributed by atoms with Gasteiger partial charge in [-0.1, -0.05) is 0 Å². The summed E-state index contributed by atoms with van der Waals surface area (Å²) in [6, 6.07) is 0. The van der Waals surface area contributed by atoms with Crippen molar-refractivity contribution in [2.45, 2.75) is 32.2 Å². The molecule has 0 aliphatic carbocycles. The minimum absolute atomic E-state index is 0.127. The molecule has 0 rings (SSSR count). The molecule has 0 saturated heterocycles. The first-order valence-electron chi connectivity index (χ1n) is 5.43. The largest absolute Gasteiger partial charge is 0.481 e. The van der Waals surface area contributed by atoms with Crippen LogP contribution in [0.15, 0.2) is 0 Å². The number of hydrogen-bond donors (Lipinski definition) is 2. The van der Waals surface area contributed by atoms with Crippen LogP contribution in [0.2, 0.25) is 0 Å². The van der Waals surface area contributed by atoms with Crippen molar-refractivity contribution in [3.8, 4) is 0 Å². The molecule has 0 aromatic rings. The lowest BCUT2D eigenvalue weighted by atomic mass is 10.1. The molecule has 0 amide bonds. The molecule has 17 heavy (non-hydrogen) atoms. The van der Waals surface area contributed by atoms with Crippen molar-refractivity contribution in [3.05, 3.63) is 0 Å². The van der Waals surface area contributed by atoms with Gasteiger partial charge in [0.2, 0.25) is 10.0 Å². The summed E-state index contributed by atoms with van der Waals surface area (Å²) < 4.78 is 25.6. The van der Waals surface area contributed by atoms with Gasteiger partial charge in [-0.15, -0.1) is 0 Å². The summed E-state index contributed by atoms with van der Waals surface area (Å²) in [5.41, 5.74) is -0.278. The van der Waals surface area contributed by atoms with E-state index in [1.54, 1.807) is 0 Å². The minimum atomic E-state index is -3.38. The third-order valence-electron chi connectivity index (χ3n) is 2.74. The number of sulfonamides is 1. The van der Waals surface area contributed by atoms with Crippen molar-refractivity contribution >= 4 is 16.0 Å². The zero-order valence-corrected chi connectivity index (χ0v) is 11.7. The molecule has 0 heterocycles. The second-order valence-electron chi connectivity index (χ2n) is 4.84. The van der Waals surface area contributed by atoms with Crippen molar-refractivity contribution in [2.75, 3.05) is 26.4 Å². The van der Waals surface area contributed by atoms with Crippen LogP contribution >= 0.6 is 0 Å². The van der Waals surface area contributed by atoms with Crippen LogP contribution in [0.1, 0.15) is 26.7 Å². The maximum absolute atomic E-state index is 11.6. The molecule has 102 valence electrons. The van der Waals surface area contributed by atoms with Crippen LogP contribution in [0, 0.1) is 0 Å². The number of hydrogen-bond acceptors (Lipinski definition) is 4. The molecule has 6 nitrogen and oxygen atoms in total. The summed E-state index contributed by atoms with van der Waals surface area (Å²) in [5, 5.41) is 8.42. The SMILES string of the molecule is CN(C)C(C)(C)CNS(=O)(=O)CCCC(=O)O. The molecular weight excluding hydrogens is 244 g/mol. The van der Waals surface area contributed by atoms with Gasteiger partial charge in [-0.2, -0.15) is 0 Å². The van der Waals surface area contributed by atoms with Crippen molar-refractivity contribution < 1.29 is 18.3 Å². The van der Waals surface area contributed by atoms with E-state index in [1.165, 1.54) is 0 Å². The maximum atomic E-state index is 11.6. The first-order chi connectivity index (χ1) is 7.57. The van der Waals surface area contributed by atoms with Gasteiger partial charge in [-0.25, -0.2) is 13.1 Å². The summed E-state index contributed by atoms with van der Waals surface area (Å²) >= 11 is 0. The number of nitrogens with one attached hydrogen (secondary N) is 1. The quantitative estimate of drug-likeness (QED) is 0.651. The summed E-state index contributed by atoms with van der Waals surface area (Å²) in [5.74, 6) is -1.13. The Hall–Kier alpha value is -0.660. The van der Waals surface area contributed by atoms with Crippen LogP contribution in [0.5, 0.6) is 0 Å². The highest BCUT2D eigenvalue weighted by molar-refractivity contribution is 7.89. The van der Waals surface area contributed by atoms with Crippen molar-refractivity contribution in [1.82, 2.24) is 9.62 Å². The van der Waals surface area contributed by atoms with Crippen LogP contribution in [0.25, 0.3) is 0 Å². The second kappa shape index (κ2) is 6.32. The third-order valence-corrected chi connectivity index (χ3v) is 4.15. The summed E-state index contributed by atoms with van der Waals surface area (Å²) in [7, 11) is 0.364. The standard InChI is InChI=1S/C10H22N2O4S/c1-10(2,12(3)4)8-11-17(15,16)7-5-6-9(13)14/h11H,5-8H2,1-4H3,(H,13,14).